The van der Waals surface area contributed by atoms with Gasteiger partial charge in [0.15, 0.2) is 0 Å². The van der Waals surface area contributed by atoms with Gasteiger partial charge in [-0.15, -0.1) is 6.58 Å². The monoisotopic (exact) mass is 659 g/mol. The van der Waals surface area contributed by atoms with Gasteiger partial charge in [0.25, 0.3) is 5.91 Å². The summed E-state index contributed by atoms with van der Waals surface area (Å²) in [5.41, 5.74) is -0.692. The number of nitrogens with one attached hydrogen (secondary N) is 5. The summed E-state index contributed by atoms with van der Waals surface area (Å²) in [7, 11) is 0. The van der Waals surface area contributed by atoms with E-state index in [0.717, 1.165) is 12.8 Å². The maximum atomic E-state index is 14.1. The highest BCUT2D eigenvalue weighted by Crippen LogP contribution is 2.34. The van der Waals surface area contributed by atoms with Crippen LogP contribution in [-0.4, -0.2) is 102 Å². The molecule has 1 saturated carbocycles. The minimum Gasteiger partial charge on any atom is -0.346 e. The van der Waals surface area contributed by atoms with E-state index in [0.29, 0.717) is 64.2 Å². The molecule has 1 aliphatic carbocycles. The van der Waals surface area contributed by atoms with Gasteiger partial charge in [-0.05, 0) is 49.4 Å². The molecular weight excluding hydrogens is 602 g/mol. The zero-order valence-electron chi connectivity index (χ0n) is 29.0. The van der Waals surface area contributed by atoms with Crippen molar-refractivity contribution in [1.82, 2.24) is 36.4 Å². The van der Waals surface area contributed by atoms with Crippen LogP contribution in [0.25, 0.3) is 0 Å². The summed E-state index contributed by atoms with van der Waals surface area (Å²) < 4.78 is 0. The molecule has 47 heavy (non-hydrogen) atoms. The molecule has 0 spiro atoms. The first-order valence-electron chi connectivity index (χ1n) is 17.3. The Balaban J connectivity index is 1.69. The molecular formula is C34H57N7O6. The predicted octanol–water partition coefficient (Wildman–Crippen LogP) is 2.46. The van der Waals surface area contributed by atoms with Gasteiger partial charge < -0.3 is 36.4 Å². The van der Waals surface area contributed by atoms with Crippen LogP contribution in [0, 0.1) is 17.3 Å². The normalized spacial score (nSPS) is 20.1. The minimum atomic E-state index is -0.995. The number of urea groups is 2. The Morgan fingerprint density at radius 3 is 2.36 bits per heavy atom. The average Bonchev–Trinajstić information content (AvgIpc) is 3.69. The second-order valence-electron chi connectivity index (χ2n) is 14.8. The summed E-state index contributed by atoms with van der Waals surface area (Å²) >= 11 is 0. The number of Topliss-reactive ketones (excluding diaryl/α,β-unsaturated/α-hetero) is 1. The second kappa shape index (κ2) is 17.5. The van der Waals surface area contributed by atoms with Crippen molar-refractivity contribution in [3.05, 3.63) is 12.7 Å². The van der Waals surface area contributed by atoms with E-state index in [1.165, 1.54) is 23.8 Å². The number of carbonyl (C=O) groups excluding carboxylic acids is 6. The van der Waals surface area contributed by atoms with Gasteiger partial charge >= 0.3 is 12.1 Å². The Labute approximate surface area is 279 Å². The lowest BCUT2D eigenvalue weighted by molar-refractivity contribution is -0.143. The van der Waals surface area contributed by atoms with Gasteiger partial charge in [-0.2, -0.15) is 0 Å². The third-order valence-corrected chi connectivity index (χ3v) is 8.99. The third-order valence-electron chi connectivity index (χ3n) is 8.99. The molecule has 2 heterocycles. The SMILES string of the molecule is C=CCNC(=O)C(=O)[C@@H](CCCC1CC1)NC(=O)[C@@H]1CCCN1C(=O)[C@@H](NC(=O)NC(CC(C)C)CN1CCCNC1=O)C(C)(C)C. The largest absolute Gasteiger partial charge is 0.346 e. The zero-order valence-corrected chi connectivity index (χ0v) is 29.0. The number of rotatable bonds is 17. The lowest BCUT2D eigenvalue weighted by Crippen LogP contribution is -2.61. The van der Waals surface area contributed by atoms with Gasteiger partial charge in [0, 0.05) is 38.8 Å². The molecule has 1 unspecified atom stereocenters. The summed E-state index contributed by atoms with van der Waals surface area (Å²) in [6.45, 7) is 15.2. The molecule has 0 radical (unpaired) electrons. The van der Waals surface area contributed by atoms with Crippen molar-refractivity contribution in [2.45, 2.75) is 117 Å². The van der Waals surface area contributed by atoms with Crippen LogP contribution in [0.2, 0.25) is 0 Å². The van der Waals surface area contributed by atoms with E-state index in [1.807, 2.05) is 34.6 Å². The van der Waals surface area contributed by atoms with Crippen molar-refractivity contribution in [3.63, 3.8) is 0 Å². The first-order chi connectivity index (χ1) is 22.2. The van der Waals surface area contributed by atoms with Crippen LogP contribution in [0.15, 0.2) is 12.7 Å². The molecule has 0 aromatic heterocycles. The van der Waals surface area contributed by atoms with Gasteiger partial charge in [-0.3, -0.25) is 19.2 Å². The van der Waals surface area contributed by atoms with Gasteiger partial charge in [0.05, 0.1) is 6.04 Å². The number of amides is 7. The molecule has 13 nitrogen and oxygen atoms in total. The van der Waals surface area contributed by atoms with Gasteiger partial charge in [0.2, 0.25) is 17.6 Å². The Morgan fingerprint density at radius 2 is 1.74 bits per heavy atom. The lowest BCUT2D eigenvalue weighted by atomic mass is 9.85. The quantitative estimate of drug-likeness (QED) is 0.119. The van der Waals surface area contributed by atoms with Crippen molar-refractivity contribution >= 4 is 35.6 Å². The molecule has 0 bridgehead atoms. The lowest BCUT2D eigenvalue weighted by Gasteiger charge is -2.36. The highest BCUT2D eigenvalue weighted by atomic mass is 16.2. The standard InChI is InChI=1S/C34H57N7O6/c1-7-16-35-30(44)27(42)25(12-8-11-23-14-15-23)38-29(43)26-13-9-19-41(26)31(45)28(34(4,5)6)39-32(46)37-24(20-22(2)3)21-40-18-10-17-36-33(40)47/h7,22-26,28H,1,8-21H2,2-6H3,(H,35,44)(H,36,47)(H,38,43)(H2,37,39,46)/t24?,25-,26+,28-/m1/s1. The number of hydrogen-bond donors (Lipinski definition) is 5. The van der Waals surface area contributed by atoms with Crippen molar-refractivity contribution in [3.8, 4) is 0 Å². The third kappa shape index (κ3) is 11.8. The van der Waals surface area contributed by atoms with E-state index >= 15 is 0 Å². The average molecular weight is 660 g/mol. The van der Waals surface area contributed by atoms with E-state index in [-0.39, 0.29) is 30.4 Å². The van der Waals surface area contributed by atoms with E-state index in [9.17, 15) is 28.8 Å². The van der Waals surface area contributed by atoms with Crippen LogP contribution in [0.4, 0.5) is 9.59 Å². The van der Waals surface area contributed by atoms with E-state index < -0.39 is 47.2 Å². The summed E-state index contributed by atoms with van der Waals surface area (Å²) in [6.07, 6.45) is 8.25. The van der Waals surface area contributed by atoms with Gasteiger partial charge in [-0.25, -0.2) is 9.59 Å². The number of carbonyl (C=O) groups is 6. The summed E-state index contributed by atoms with van der Waals surface area (Å²) in [5.74, 6) is -1.46. The molecule has 3 aliphatic rings. The van der Waals surface area contributed by atoms with Crippen molar-refractivity contribution in [2.75, 3.05) is 32.7 Å². The molecule has 7 amide bonds. The fourth-order valence-electron chi connectivity index (χ4n) is 6.31. The van der Waals surface area contributed by atoms with Crippen LogP contribution in [0.3, 0.4) is 0 Å². The molecule has 2 aliphatic heterocycles. The second-order valence-corrected chi connectivity index (χ2v) is 14.8. The molecule has 0 aromatic rings. The molecule has 13 heteroatoms. The maximum Gasteiger partial charge on any atom is 0.317 e. The van der Waals surface area contributed by atoms with Crippen LogP contribution < -0.4 is 26.6 Å². The molecule has 3 fully saturated rings. The number of nitrogens with zero attached hydrogens (tertiary/aromatic N) is 2. The summed E-state index contributed by atoms with van der Waals surface area (Å²) in [5, 5.41) is 14.0. The zero-order chi connectivity index (χ0) is 34.7. The highest BCUT2D eigenvalue weighted by Gasteiger charge is 2.43. The molecule has 3 rings (SSSR count). The first-order valence-corrected chi connectivity index (χ1v) is 17.3. The Kier molecular flexibility index (Phi) is 14.1. The highest BCUT2D eigenvalue weighted by molar-refractivity contribution is 6.38. The first kappa shape index (κ1) is 37.8. The summed E-state index contributed by atoms with van der Waals surface area (Å²) in [4.78, 5) is 82.2. The molecule has 2 saturated heterocycles. The molecule has 0 aromatic carbocycles. The van der Waals surface area contributed by atoms with Crippen molar-refractivity contribution in [1.29, 1.82) is 0 Å². The molecule has 264 valence electrons. The van der Waals surface area contributed by atoms with Gasteiger partial charge in [0.1, 0.15) is 12.1 Å². The summed E-state index contributed by atoms with van der Waals surface area (Å²) in [6, 6.07) is -3.78. The predicted molar refractivity (Wildman–Crippen MR) is 179 cm³/mol. The molecule has 4 atom stereocenters. The smallest absolute Gasteiger partial charge is 0.317 e. The van der Waals surface area contributed by atoms with E-state index in [2.05, 4.69) is 33.2 Å². The van der Waals surface area contributed by atoms with Crippen LogP contribution in [0.5, 0.6) is 0 Å². The van der Waals surface area contributed by atoms with Crippen LogP contribution in [0.1, 0.15) is 92.4 Å². The Bertz CT molecular complexity index is 1150. The van der Waals surface area contributed by atoms with Crippen LogP contribution in [-0.2, 0) is 19.2 Å². The minimum absolute atomic E-state index is 0.138. The number of likely N-dealkylation sites (tertiary alicyclic amines) is 1. The number of hydrogen-bond acceptors (Lipinski definition) is 6. The van der Waals surface area contributed by atoms with Crippen molar-refractivity contribution in [2.24, 2.45) is 17.3 Å². The van der Waals surface area contributed by atoms with E-state index in [4.69, 9.17) is 0 Å². The van der Waals surface area contributed by atoms with Crippen molar-refractivity contribution < 1.29 is 28.8 Å². The maximum absolute atomic E-state index is 14.1. The molecule has 5 N–H and O–H groups in total. The number of ketones is 1. The Morgan fingerprint density at radius 1 is 1.02 bits per heavy atom. The Hall–Kier alpha value is -3.64. The fourth-order valence-corrected chi connectivity index (χ4v) is 6.31. The topological polar surface area (TPSA) is 169 Å². The van der Waals surface area contributed by atoms with Crippen LogP contribution >= 0.6 is 0 Å². The van der Waals surface area contributed by atoms with E-state index in [1.54, 1.807) is 4.90 Å². The van der Waals surface area contributed by atoms with Gasteiger partial charge in [-0.1, -0.05) is 66.4 Å². The fraction of sp³-hybridized carbons (Fsp3) is 0.765.